The second-order valence-electron chi connectivity index (χ2n) is 0.0714. The van der Waals surface area contributed by atoms with E-state index < -0.39 is 0 Å². The van der Waals surface area contributed by atoms with E-state index in [0.29, 0.717) is 0 Å². The van der Waals surface area contributed by atoms with Crippen molar-refractivity contribution in [3.8, 4) is 0 Å². The molecule has 0 aromatic rings. The van der Waals surface area contributed by atoms with Crippen molar-refractivity contribution in [3.05, 3.63) is 0 Å². The number of halogens is 2. The molecule has 2 radical (unpaired) electrons. The fourth-order valence-electron chi connectivity index (χ4n) is 0. The molecule has 0 aromatic carbocycles. The van der Waals surface area contributed by atoms with Gasteiger partial charge in [0.2, 0.25) is 0 Å². The van der Waals surface area contributed by atoms with Crippen molar-refractivity contribution in [2.75, 3.05) is 0 Å². The summed E-state index contributed by atoms with van der Waals surface area (Å²) in [6.45, 7) is 0. The average Bonchev–Trinajstić information content (AvgIpc) is 0.918. The molecule has 0 aromatic heterocycles. The van der Waals surface area contributed by atoms with Crippen LogP contribution in [0.1, 0.15) is 0 Å². The van der Waals surface area contributed by atoms with Gasteiger partial charge in [-0.3, -0.25) is 0 Å². The Balaban J connectivity index is -0.0000000200. The maximum atomic E-state index is 3.23. The molecule has 0 saturated heterocycles. The molecule has 0 atom stereocenters. The van der Waals surface area contributed by atoms with Crippen molar-refractivity contribution in [3.63, 3.8) is 0 Å². The van der Waals surface area contributed by atoms with E-state index in [-0.39, 0.29) is 27.7 Å². The summed E-state index contributed by atoms with van der Waals surface area (Å²) < 4.78 is 0. The third-order valence-electron chi connectivity index (χ3n) is 0. The van der Waals surface area contributed by atoms with Gasteiger partial charge in [0.25, 0.3) is 0 Å². The van der Waals surface area contributed by atoms with E-state index in [1.54, 1.807) is 0 Å². The van der Waals surface area contributed by atoms with E-state index in [1.165, 1.54) is 0 Å². The summed E-state index contributed by atoms with van der Waals surface area (Å²) in [6.07, 6.45) is 0. The summed E-state index contributed by atoms with van der Waals surface area (Å²) in [5.41, 5.74) is 0. The maximum absolute atomic E-state index is 3.23. The summed E-state index contributed by atoms with van der Waals surface area (Å²) in [6, 6.07) is 0. The van der Waals surface area contributed by atoms with Crippen LogP contribution in [0.15, 0.2) is 0 Å². The summed E-state index contributed by atoms with van der Waals surface area (Å²) >= 11 is 6.32. The van der Waals surface area contributed by atoms with Crippen LogP contribution in [0, 0.1) is 0 Å². The van der Waals surface area contributed by atoms with Gasteiger partial charge in [0.15, 0.2) is 0 Å². The van der Waals surface area contributed by atoms with Gasteiger partial charge in [-0.2, -0.15) is 0 Å². The second-order valence-corrected chi connectivity index (χ2v) is 12.9. The van der Waals surface area contributed by atoms with Crippen LogP contribution in [0.5, 0.6) is 0 Å². The molecule has 0 amide bonds. The molecule has 5 heteroatoms. The SMILES string of the molecule is O.O.[Br][Sn][Br]. The number of rotatable bonds is 0. The summed E-state index contributed by atoms with van der Waals surface area (Å²) in [7, 11) is 0. The van der Waals surface area contributed by atoms with Crippen molar-refractivity contribution in [1.82, 2.24) is 0 Å². The number of hydrogen-bond acceptors (Lipinski definition) is 0. The van der Waals surface area contributed by atoms with Gasteiger partial charge < -0.3 is 11.0 Å². The third-order valence-corrected chi connectivity index (χ3v) is 0. The van der Waals surface area contributed by atoms with Gasteiger partial charge in [0.1, 0.15) is 0 Å². The molecule has 0 bridgehead atoms. The van der Waals surface area contributed by atoms with E-state index in [2.05, 4.69) is 25.4 Å². The standard InChI is InChI=1S/2BrH.2H2O.Sn/h2*1H;2*1H2;/q;;;;+2/p-2. The van der Waals surface area contributed by atoms with Gasteiger partial charge in [-0.1, -0.05) is 0 Å². The molecule has 0 aliphatic rings. The van der Waals surface area contributed by atoms with Crippen LogP contribution in [-0.4, -0.2) is 27.7 Å². The monoisotopic (exact) mass is 314 g/mol. The molecule has 2 nitrogen and oxygen atoms in total. The molecule has 34 valence electrons. The van der Waals surface area contributed by atoms with Gasteiger partial charge in [0.05, 0.1) is 0 Å². The summed E-state index contributed by atoms with van der Waals surface area (Å²) in [4.78, 5) is 0. The molecule has 4 N–H and O–H groups in total. The van der Waals surface area contributed by atoms with Crippen molar-refractivity contribution >= 4 is 42.1 Å². The second kappa shape index (κ2) is 17.3. The van der Waals surface area contributed by atoms with Crippen LogP contribution in [0.3, 0.4) is 0 Å². The minimum absolute atomic E-state index is 0. The first-order valence-corrected chi connectivity index (χ1v) is 13.2. The summed E-state index contributed by atoms with van der Waals surface area (Å²) in [5.74, 6) is 0. The van der Waals surface area contributed by atoms with Crippen LogP contribution < -0.4 is 0 Å². The molecule has 0 aliphatic heterocycles. The Labute approximate surface area is 52.7 Å². The van der Waals surface area contributed by atoms with Crippen molar-refractivity contribution in [1.29, 1.82) is 0 Å². The van der Waals surface area contributed by atoms with E-state index in [9.17, 15) is 0 Å². The van der Waals surface area contributed by atoms with E-state index in [1.807, 2.05) is 0 Å². The minimum atomic E-state index is -0.145. The summed E-state index contributed by atoms with van der Waals surface area (Å²) in [5, 5.41) is 0. The molecule has 0 fully saturated rings. The van der Waals surface area contributed by atoms with Crippen LogP contribution in [-0.2, 0) is 0 Å². The zero-order valence-corrected chi connectivity index (χ0v) is 8.28. The normalized spacial score (nSPS) is 3.60. The van der Waals surface area contributed by atoms with E-state index >= 15 is 0 Å². The number of hydrogen-bond donors (Lipinski definition) is 0. The molecular formula is H4Br2O2Sn. The molecule has 0 heterocycles. The Bertz CT molecular complexity index is 7.61. The first-order chi connectivity index (χ1) is 1.41. The van der Waals surface area contributed by atoms with Gasteiger partial charge in [0, 0.05) is 0 Å². The van der Waals surface area contributed by atoms with Gasteiger partial charge in [-0.25, -0.2) is 0 Å². The fourth-order valence-corrected chi connectivity index (χ4v) is 0. The molecular weight excluding hydrogens is 311 g/mol. The Morgan fingerprint density at radius 1 is 1.00 bits per heavy atom. The quantitative estimate of drug-likeness (QED) is 0.549. The first-order valence-electron chi connectivity index (χ1n) is 0.378. The van der Waals surface area contributed by atoms with Crippen molar-refractivity contribution in [2.45, 2.75) is 0 Å². The van der Waals surface area contributed by atoms with E-state index in [0.717, 1.165) is 0 Å². The zero-order chi connectivity index (χ0) is 2.71. The molecule has 0 spiro atoms. The fraction of sp³-hybridized carbons (Fsp3) is 0. The topological polar surface area (TPSA) is 63.0 Å². The van der Waals surface area contributed by atoms with E-state index in [4.69, 9.17) is 0 Å². The average molecular weight is 315 g/mol. The predicted molar refractivity (Wildman–Crippen MR) is 30.8 cm³/mol. The predicted octanol–water partition coefficient (Wildman–Crippen LogP) is -0.339. The van der Waals surface area contributed by atoms with Gasteiger partial charge in [-0.05, 0) is 0 Å². The molecule has 0 aliphatic carbocycles. The molecule has 5 heavy (non-hydrogen) atoms. The third kappa shape index (κ3) is 27.3. The van der Waals surface area contributed by atoms with Crippen molar-refractivity contribution < 1.29 is 11.0 Å². The molecule has 0 saturated carbocycles. The first kappa shape index (κ1) is 15.9. The van der Waals surface area contributed by atoms with Gasteiger partial charge in [-0.15, -0.1) is 0 Å². The Hall–Kier alpha value is 1.68. The van der Waals surface area contributed by atoms with Crippen LogP contribution in [0.4, 0.5) is 0 Å². The Morgan fingerprint density at radius 2 is 1.00 bits per heavy atom. The Morgan fingerprint density at radius 3 is 1.00 bits per heavy atom. The molecule has 0 rings (SSSR count). The van der Waals surface area contributed by atoms with Crippen LogP contribution in [0.25, 0.3) is 0 Å². The Kier molecular flexibility index (Phi) is 55.1. The zero-order valence-electron chi connectivity index (χ0n) is 2.26. The van der Waals surface area contributed by atoms with Crippen molar-refractivity contribution in [2.24, 2.45) is 0 Å². The van der Waals surface area contributed by atoms with Crippen LogP contribution >= 0.6 is 25.4 Å². The van der Waals surface area contributed by atoms with Crippen LogP contribution in [0.2, 0.25) is 0 Å². The van der Waals surface area contributed by atoms with Gasteiger partial charge >= 0.3 is 42.1 Å². The molecule has 0 unspecified atom stereocenters.